The Bertz CT molecular complexity index is 269. The van der Waals surface area contributed by atoms with Crippen molar-refractivity contribution in [2.75, 3.05) is 0 Å². The van der Waals surface area contributed by atoms with Crippen molar-refractivity contribution in [1.82, 2.24) is 0 Å². The van der Waals surface area contributed by atoms with Gasteiger partial charge in [-0.05, 0) is 23.2 Å². The minimum Gasteiger partial charge on any atom is -0.218 e. The first-order valence-corrected chi connectivity index (χ1v) is 4.02. The minimum absolute atomic E-state index is 3.51. The zero-order valence-corrected chi connectivity index (χ0v) is 8.55. The van der Waals surface area contributed by atoms with E-state index in [2.05, 4.69) is 23.2 Å². The summed E-state index contributed by atoms with van der Waals surface area (Å²) in [4.78, 5) is 0. The zero-order chi connectivity index (χ0) is 14.5. The summed E-state index contributed by atoms with van der Waals surface area (Å²) in [6, 6.07) is 0. The summed E-state index contributed by atoms with van der Waals surface area (Å²) in [5.74, 6) is -6.98. The Morgan fingerprint density at radius 3 is 0.882 bits per heavy atom. The first-order chi connectivity index (χ1) is 7.00. The SMILES string of the molecule is FC(F)(F)C(F)(C(F)(F)Cl)C(F)(F)C(F)(F)Cl. The molecule has 0 heterocycles. The van der Waals surface area contributed by atoms with Gasteiger partial charge in [-0.3, -0.25) is 0 Å². The second kappa shape index (κ2) is 3.94. The Balaban J connectivity index is 6.04. The fraction of sp³-hybridized carbons (Fsp3) is 1.00. The number of rotatable bonds is 3. The Morgan fingerprint density at radius 1 is 0.529 bits per heavy atom. The molecule has 0 radical (unpaired) electrons. The highest BCUT2D eigenvalue weighted by Crippen LogP contribution is 2.60. The summed E-state index contributed by atoms with van der Waals surface area (Å²) in [5.41, 5.74) is -7.03. The largest absolute Gasteiger partial charge is 0.436 e. The molecule has 12 heteroatoms. The maximum absolute atomic E-state index is 12.8. The van der Waals surface area contributed by atoms with E-state index in [4.69, 9.17) is 0 Å². The van der Waals surface area contributed by atoms with Crippen LogP contribution in [0.3, 0.4) is 0 Å². The Morgan fingerprint density at radius 2 is 0.824 bits per heavy atom. The third-order valence-corrected chi connectivity index (χ3v) is 2.07. The molecule has 0 aliphatic carbocycles. The molecule has 1 unspecified atom stereocenters. The topological polar surface area (TPSA) is 0 Å². The maximum atomic E-state index is 12.8. The third kappa shape index (κ3) is 2.38. The van der Waals surface area contributed by atoms with Gasteiger partial charge >= 0.3 is 28.5 Å². The molecule has 1 atom stereocenters. The second-order valence-electron chi connectivity index (χ2n) is 2.73. The highest BCUT2D eigenvalue weighted by molar-refractivity contribution is 6.24. The monoisotopic (exact) mass is 320 g/mol. The van der Waals surface area contributed by atoms with Crippen molar-refractivity contribution < 1.29 is 43.9 Å². The summed E-state index contributed by atoms with van der Waals surface area (Å²) < 4.78 is 121. The molecule has 0 N–H and O–H groups in total. The van der Waals surface area contributed by atoms with Crippen LogP contribution in [0.5, 0.6) is 0 Å². The molecule has 0 saturated heterocycles. The molecule has 104 valence electrons. The molecule has 0 aromatic heterocycles. The van der Waals surface area contributed by atoms with E-state index >= 15 is 0 Å². The average molecular weight is 321 g/mol. The third-order valence-electron chi connectivity index (χ3n) is 1.57. The van der Waals surface area contributed by atoms with Crippen LogP contribution in [-0.2, 0) is 0 Å². The Labute approximate surface area is 96.5 Å². The van der Waals surface area contributed by atoms with E-state index in [-0.39, 0.29) is 0 Å². The van der Waals surface area contributed by atoms with Crippen LogP contribution in [0.15, 0.2) is 0 Å². The van der Waals surface area contributed by atoms with Gasteiger partial charge in [0.2, 0.25) is 0 Å². The van der Waals surface area contributed by atoms with E-state index in [0.29, 0.717) is 0 Å². The molecule has 0 spiro atoms. The van der Waals surface area contributed by atoms with Crippen molar-refractivity contribution in [3.05, 3.63) is 0 Å². The van der Waals surface area contributed by atoms with Crippen LogP contribution in [0.25, 0.3) is 0 Å². The van der Waals surface area contributed by atoms with Gasteiger partial charge in [-0.25, -0.2) is 4.39 Å². The van der Waals surface area contributed by atoms with Crippen molar-refractivity contribution in [2.24, 2.45) is 0 Å². The van der Waals surface area contributed by atoms with Crippen LogP contribution in [-0.4, -0.2) is 28.5 Å². The predicted octanol–water partition coefficient (Wildman–Crippen LogP) is 4.56. The number of hydrogen-bond acceptors (Lipinski definition) is 0. The standard InChI is InChI=1S/C5Cl2F10/c6-3(11,12)1(8,5(15,16)17)2(9,10)4(7,13)14. The highest BCUT2D eigenvalue weighted by atomic mass is 35.5. The van der Waals surface area contributed by atoms with Crippen LogP contribution in [0.4, 0.5) is 43.9 Å². The molecule has 0 aliphatic heterocycles. The molecule has 0 nitrogen and oxygen atoms in total. The number of alkyl halides is 12. The van der Waals surface area contributed by atoms with E-state index in [0.717, 1.165) is 0 Å². The molecule has 0 rings (SSSR count). The summed E-state index contributed by atoms with van der Waals surface area (Å²) in [6.07, 6.45) is -7.08. The fourth-order valence-corrected chi connectivity index (χ4v) is 1.07. The molecule has 0 amide bonds. The van der Waals surface area contributed by atoms with E-state index in [1.54, 1.807) is 0 Å². The molecule has 0 aromatic carbocycles. The van der Waals surface area contributed by atoms with Gasteiger partial charge < -0.3 is 0 Å². The molecule has 17 heavy (non-hydrogen) atoms. The van der Waals surface area contributed by atoms with Gasteiger partial charge in [-0.15, -0.1) is 0 Å². The lowest BCUT2D eigenvalue weighted by Gasteiger charge is -2.38. The first-order valence-electron chi connectivity index (χ1n) is 3.27. The average Bonchev–Trinajstić information content (AvgIpc) is 1.95. The van der Waals surface area contributed by atoms with Crippen LogP contribution >= 0.6 is 23.2 Å². The van der Waals surface area contributed by atoms with Gasteiger partial charge in [-0.1, -0.05) is 0 Å². The van der Waals surface area contributed by atoms with E-state index in [9.17, 15) is 43.9 Å². The lowest BCUT2D eigenvalue weighted by Crippen LogP contribution is -2.68. The van der Waals surface area contributed by atoms with Crippen molar-refractivity contribution in [1.29, 1.82) is 0 Å². The quantitative estimate of drug-likeness (QED) is 0.528. The Hall–Kier alpha value is -0.120. The Kier molecular flexibility index (Phi) is 3.91. The zero-order valence-electron chi connectivity index (χ0n) is 7.04. The van der Waals surface area contributed by atoms with Gasteiger partial charge in [0.15, 0.2) is 0 Å². The molecule has 0 bridgehead atoms. The van der Waals surface area contributed by atoms with E-state index in [1.165, 1.54) is 0 Å². The molecular formula is C5Cl2F10. The van der Waals surface area contributed by atoms with Crippen LogP contribution in [0.2, 0.25) is 0 Å². The number of hydrogen-bond donors (Lipinski definition) is 0. The fourth-order valence-electron chi connectivity index (χ4n) is 0.712. The lowest BCUT2D eigenvalue weighted by atomic mass is 9.97. The maximum Gasteiger partial charge on any atom is 0.436 e. The van der Waals surface area contributed by atoms with Crippen LogP contribution < -0.4 is 0 Å². The van der Waals surface area contributed by atoms with E-state index < -0.39 is 28.5 Å². The smallest absolute Gasteiger partial charge is 0.218 e. The first kappa shape index (κ1) is 16.9. The van der Waals surface area contributed by atoms with E-state index in [1.807, 2.05) is 0 Å². The van der Waals surface area contributed by atoms with Gasteiger partial charge in [0, 0.05) is 0 Å². The predicted molar refractivity (Wildman–Crippen MR) is 36.4 cm³/mol. The summed E-state index contributed by atoms with van der Waals surface area (Å²) >= 11 is 7.02. The van der Waals surface area contributed by atoms with Gasteiger partial charge in [0.25, 0.3) is 0 Å². The van der Waals surface area contributed by atoms with Crippen molar-refractivity contribution in [3.63, 3.8) is 0 Å². The van der Waals surface area contributed by atoms with Gasteiger partial charge in [-0.2, -0.15) is 39.5 Å². The molecule has 0 fully saturated rings. The molecule has 0 saturated carbocycles. The summed E-state index contributed by atoms with van der Waals surface area (Å²) in [7, 11) is 0. The minimum atomic E-state index is -7.08. The van der Waals surface area contributed by atoms with Gasteiger partial charge in [0.1, 0.15) is 0 Å². The van der Waals surface area contributed by atoms with Crippen molar-refractivity contribution >= 4 is 23.2 Å². The molecule has 0 aliphatic rings. The summed E-state index contributed by atoms with van der Waals surface area (Å²) in [5, 5.41) is -12.6. The van der Waals surface area contributed by atoms with Crippen molar-refractivity contribution in [3.8, 4) is 0 Å². The second-order valence-corrected chi connectivity index (χ2v) is 3.68. The van der Waals surface area contributed by atoms with Crippen LogP contribution in [0, 0.1) is 0 Å². The molecular weight excluding hydrogens is 321 g/mol. The van der Waals surface area contributed by atoms with Gasteiger partial charge in [0.05, 0.1) is 0 Å². The van der Waals surface area contributed by atoms with Crippen LogP contribution in [0.1, 0.15) is 0 Å². The lowest BCUT2D eigenvalue weighted by molar-refractivity contribution is -0.374. The normalized spacial score (nSPS) is 19.1. The number of halogens is 12. The summed E-state index contributed by atoms with van der Waals surface area (Å²) in [6.45, 7) is 0. The highest BCUT2D eigenvalue weighted by Gasteiger charge is 2.88. The van der Waals surface area contributed by atoms with Crippen molar-refractivity contribution in [2.45, 2.75) is 28.5 Å². The molecule has 0 aromatic rings.